The number of benzene rings is 1. The fourth-order valence-corrected chi connectivity index (χ4v) is 3.99. The topological polar surface area (TPSA) is 104 Å². The summed E-state index contributed by atoms with van der Waals surface area (Å²) in [4.78, 5) is 21.9. The summed E-state index contributed by atoms with van der Waals surface area (Å²) in [6, 6.07) is 5.88. The average molecular weight is 340 g/mol. The maximum absolute atomic E-state index is 12.7. The van der Waals surface area contributed by atoms with Crippen molar-refractivity contribution in [2.75, 3.05) is 6.54 Å². The molecule has 0 atom stereocenters. The number of carboxylic acid groups (broad SMARTS) is 1. The molecule has 0 aliphatic heterocycles. The summed E-state index contributed by atoms with van der Waals surface area (Å²) >= 11 is 0. The Morgan fingerprint density at radius 3 is 2.30 bits per heavy atom. The van der Waals surface area contributed by atoms with Gasteiger partial charge >= 0.3 is 5.97 Å². The van der Waals surface area contributed by atoms with Crippen molar-refractivity contribution in [2.24, 2.45) is 0 Å². The third-order valence-electron chi connectivity index (χ3n) is 3.84. The van der Waals surface area contributed by atoms with Crippen LogP contribution in [0.3, 0.4) is 0 Å². The molecule has 1 fully saturated rings. The molecule has 0 bridgehead atoms. The van der Waals surface area contributed by atoms with Crippen LogP contribution >= 0.6 is 0 Å². The van der Waals surface area contributed by atoms with Gasteiger partial charge in [-0.25, -0.2) is 8.42 Å². The van der Waals surface area contributed by atoms with Gasteiger partial charge in [0, 0.05) is 19.5 Å². The fourth-order valence-electron chi connectivity index (χ4n) is 2.36. The molecule has 7 nitrogen and oxygen atoms in total. The van der Waals surface area contributed by atoms with E-state index in [1.165, 1.54) is 19.1 Å². The Labute approximate surface area is 135 Å². The summed E-state index contributed by atoms with van der Waals surface area (Å²) < 4.78 is 26.4. The molecule has 0 spiro atoms. The van der Waals surface area contributed by atoms with Crippen molar-refractivity contribution in [1.29, 1.82) is 0 Å². The number of sulfonamides is 1. The van der Waals surface area contributed by atoms with Crippen molar-refractivity contribution in [3.63, 3.8) is 0 Å². The molecule has 1 aliphatic rings. The summed E-state index contributed by atoms with van der Waals surface area (Å²) in [7, 11) is -3.84. The molecule has 1 aromatic rings. The second-order valence-corrected chi connectivity index (χ2v) is 7.47. The van der Waals surface area contributed by atoms with Crippen LogP contribution in [-0.2, 0) is 26.2 Å². The Morgan fingerprint density at radius 2 is 1.87 bits per heavy atom. The number of carbonyl (C=O) groups is 2. The molecule has 126 valence electrons. The molecule has 0 saturated heterocycles. The minimum absolute atomic E-state index is 0.0669. The van der Waals surface area contributed by atoms with E-state index in [-0.39, 0.29) is 16.8 Å². The second-order valence-electron chi connectivity index (χ2n) is 5.58. The largest absolute Gasteiger partial charge is 0.480 e. The number of hydrogen-bond acceptors (Lipinski definition) is 4. The van der Waals surface area contributed by atoms with Gasteiger partial charge in [-0.1, -0.05) is 18.6 Å². The maximum atomic E-state index is 12.7. The molecular weight excluding hydrogens is 320 g/mol. The number of amides is 1. The van der Waals surface area contributed by atoms with E-state index in [1.807, 2.05) is 0 Å². The Morgan fingerprint density at radius 1 is 1.26 bits per heavy atom. The molecular formula is C15H20N2O5S. The summed E-state index contributed by atoms with van der Waals surface area (Å²) in [5.41, 5.74) is 0.771. The summed E-state index contributed by atoms with van der Waals surface area (Å²) in [5.74, 6) is -1.33. The number of carboxylic acids is 1. The lowest BCUT2D eigenvalue weighted by Gasteiger charge is -2.35. The van der Waals surface area contributed by atoms with E-state index in [9.17, 15) is 18.0 Å². The summed E-state index contributed by atoms with van der Waals surface area (Å²) in [6.45, 7) is 1.19. The van der Waals surface area contributed by atoms with E-state index in [0.29, 0.717) is 19.4 Å². The first-order valence-corrected chi connectivity index (χ1v) is 8.81. The second kappa shape index (κ2) is 7.10. The first-order chi connectivity index (χ1) is 10.8. The first kappa shape index (κ1) is 17.4. The van der Waals surface area contributed by atoms with Gasteiger partial charge in [-0.05, 0) is 30.5 Å². The van der Waals surface area contributed by atoms with E-state index in [0.717, 1.165) is 16.3 Å². The lowest BCUT2D eigenvalue weighted by molar-refractivity contribution is -0.137. The number of nitrogens with zero attached hydrogens (tertiary/aromatic N) is 1. The number of hydrogen-bond donors (Lipinski definition) is 2. The van der Waals surface area contributed by atoms with Crippen LogP contribution in [0, 0.1) is 0 Å². The van der Waals surface area contributed by atoms with Gasteiger partial charge in [0.15, 0.2) is 0 Å². The van der Waals surface area contributed by atoms with Crippen LogP contribution < -0.4 is 5.32 Å². The Bertz CT molecular complexity index is 680. The predicted molar refractivity (Wildman–Crippen MR) is 83.1 cm³/mol. The van der Waals surface area contributed by atoms with Crippen LogP contribution in [0.15, 0.2) is 29.2 Å². The van der Waals surface area contributed by atoms with Crippen molar-refractivity contribution >= 4 is 21.9 Å². The maximum Gasteiger partial charge on any atom is 0.318 e. The smallest absolute Gasteiger partial charge is 0.318 e. The molecule has 0 aromatic heterocycles. The first-order valence-electron chi connectivity index (χ1n) is 7.37. The number of aliphatic carboxylic acids is 1. The highest BCUT2D eigenvalue weighted by atomic mass is 32.2. The van der Waals surface area contributed by atoms with Crippen LogP contribution in [0.1, 0.15) is 31.7 Å². The normalized spacial score (nSPS) is 15.2. The Kier molecular flexibility index (Phi) is 5.38. The minimum Gasteiger partial charge on any atom is -0.480 e. The quantitative estimate of drug-likeness (QED) is 0.769. The van der Waals surface area contributed by atoms with Crippen LogP contribution in [-0.4, -0.2) is 42.3 Å². The molecule has 1 saturated carbocycles. The van der Waals surface area contributed by atoms with Gasteiger partial charge in [0.05, 0.1) is 4.90 Å². The molecule has 0 heterocycles. The van der Waals surface area contributed by atoms with Gasteiger partial charge in [0.2, 0.25) is 15.9 Å². The van der Waals surface area contributed by atoms with Crippen LogP contribution in [0.25, 0.3) is 0 Å². The zero-order chi connectivity index (χ0) is 17.0. The molecule has 1 aromatic carbocycles. The minimum atomic E-state index is -3.84. The standard InChI is InChI=1S/C15H20N2O5S/c1-11(18)16-9-12-5-7-14(8-6-12)23(21,22)17(10-15(19)20)13-3-2-4-13/h5-8,13H,2-4,9-10H2,1H3,(H,16,18)(H,19,20). The van der Waals surface area contributed by atoms with Crippen molar-refractivity contribution < 1.29 is 23.1 Å². The highest BCUT2D eigenvalue weighted by Gasteiger charge is 2.36. The third kappa shape index (κ3) is 4.29. The zero-order valence-electron chi connectivity index (χ0n) is 12.9. The van der Waals surface area contributed by atoms with Crippen molar-refractivity contribution in [1.82, 2.24) is 9.62 Å². The van der Waals surface area contributed by atoms with Crippen molar-refractivity contribution in [3.05, 3.63) is 29.8 Å². The summed E-state index contributed by atoms with van der Waals surface area (Å²) in [6.07, 6.45) is 2.28. The molecule has 0 unspecified atom stereocenters. The predicted octanol–water partition coefficient (Wildman–Crippen LogP) is 0.950. The number of rotatable bonds is 7. The SMILES string of the molecule is CC(=O)NCc1ccc(S(=O)(=O)N(CC(=O)O)C2CCC2)cc1. The van der Waals surface area contributed by atoms with Gasteiger partial charge in [-0.15, -0.1) is 0 Å². The van der Waals surface area contributed by atoms with E-state index in [4.69, 9.17) is 5.11 Å². The molecule has 2 N–H and O–H groups in total. The fraction of sp³-hybridized carbons (Fsp3) is 0.467. The molecule has 0 radical (unpaired) electrons. The molecule has 2 rings (SSSR count). The monoisotopic (exact) mass is 340 g/mol. The van der Waals surface area contributed by atoms with Crippen molar-refractivity contribution in [3.8, 4) is 0 Å². The zero-order valence-corrected chi connectivity index (χ0v) is 13.7. The van der Waals surface area contributed by atoms with Crippen LogP contribution in [0.5, 0.6) is 0 Å². The highest BCUT2D eigenvalue weighted by molar-refractivity contribution is 7.89. The van der Waals surface area contributed by atoms with Crippen molar-refractivity contribution in [2.45, 2.75) is 43.7 Å². The van der Waals surface area contributed by atoms with Gasteiger partial charge in [0.1, 0.15) is 6.54 Å². The number of carbonyl (C=O) groups excluding carboxylic acids is 1. The van der Waals surface area contributed by atoms with Gasteiger partial charge in [0.25, 0.3) is 0 Å². The van der Waals surface area contributed by atoms with E-state index >= 15 is 0 Å². The third-order valence-corrected chi connectivity index (χ3v) is 5.76. The Hall–Kier alpha value is -1.93. The van der Waals surface area contributed by atoms with E-state index in [1.54, 1.807) is 12.1 Å². The molecule has 8 heteroatoms. The van der Waals surface area contributed by atoms with Crippen LogP contribution in [0.4, 0.5) is 0 Å². The summed E-state index contributed by atoms with van der Waals surface area (Å²) in [5, 5.41) is 11.6. The lowest BCUT2D eigenvalue weighted by Crippen LogP contribution is -2.46. The van der Waals surface area contributed by atoms with Gasteiger partial charge in [-0.3, -0.25) is 9.59 Å². The molecule has 23 heavy (non-hydrogen) atoms. The molecule has 1 aliphatic carbocycles. The Balaban J connectivity index is 2.19. The molecule has 1 amide bonds. The number of nitrogens with one attached hydrogen (secondary N) is 1. The lowest BCUT2D eigenvalue weighted by atomic mass is 9.93. The van der Waals surface area contributed by atoms with E-state index < -0.39 is 22.5 Å². The van der Waals surface area contributed by atoms with Gasteiger partial charge in [-0.2, -0.15) is 4.31 Å². The van der Waals surface area contributed by atoms with Crippen LogP contribution in [0.2, 0.25) is 0 Å². The average Bonchev–Trinajstić information content (AvgIpc) is 2.42. The van der Waals surface area contributed by atoms with E-state index in [2.05, 4.69) is 5.32 Å². The van der Waals surface area contributed by atoms with Gasteiger partial charge < -0.3 is 10.4 Å². The highest BCUT2D eigenvalue weighted by Crippen LogP contribution is 2.29.